The molecule has 0 aliphatic heterocycles. The SMILES string of the molecule is O=[S-](=O)OC(F)(F)F.[Li+].c1cn[nH]c1. The van der Waals surface area contributed by atoms with Crippen molar-refractivity contribution in [2.75, 3.05) is 0 Å². The second kappa shape index (κ2) is 7.87. The van der Waals surface area contributed by atoms with Gasteiger partial charge in [-0.05, 0) is 6.07 Å². The van der Waals surface area contributed by atoms with Gasteiger partial charge in [-0.25, -0.2) is 0 Å². The van der Waals surface area contributed by atoms with Crippen LogP contribution in [-0.2, 0) is 23.6 Å². The summed E-state index contributed by atoms with van der Waals surface area (Å²) in [6.45, 7) is 0. The molecule has 0 radical (unpaired) electrons. The monoisotopic (exact) mass is 224 g/mol. The van der Waals surface area contributed by atoms with Crippen LogP contribution in [0.5, 0.6) is 0 Å². The van der Waals surface area contributed by atoms with Crippen LogP contribution in [0.25, 0.3) is 0 Å². The van der Waals surface area contributed by atoms with Crippen LogP contribution in [0.2, 0.25) is 0 Å². The Hall–Kier alpha value is -0.493. The van der Waals surface area contributed by atoms with Gasteiger partial charge >= 0.3 is 25.2 Å². The summed E-state index contributed by atoms with van der Waals surface area (Å²) in [7, 11) is -3.51. The van der Waals surface area contributed by atoms with Crippen LogP contribution in [0.3, 0.4) is 0 Å². The van der Waals surface area contributed by atoms with Crippen molar-refractivity contribution in [2.24, 2.45) is 0 Å². The van der Waals surface area contributed by atoms with E-state index in [4.69, 9.17) is 8.42 Å². The van der Waals surface area contributed by atoms with E-state index >= 15 is 0 Å². The molecule has 1 aromatic rings. The van der Waals surface area contributed by atoms with E-state index in [9.17, 15) is 13.2 Å². The van der Waals surface area contributed by atoms with Crippen LogP contribution in [0, 0.1) is 0 Å². The summed E-state index contributed by atoms with van der Waals surface area (Å²) >= 11 is 0. The molecule has 1 heterocycles. The quantitative estimate of drug-likeness (QED) is 0.449. The van der Waals surface area contributed by atoms with Crippen molar-refractivity contribution < 1.29 is 44.6 Å². The first kappa shape index (κ1) is 16.0. The molecule has 14 heavy (non-hydrogen) atoms. The van der Waals surface area contributed by atoms with Crippen molar-refractivity contribution in [1.29, 1.82) is 0 Å². The number of nitrogens with zero attached hydrogens (tertiary/aromatic N) is 1. The molecular formula is C4H4F3LiN2O3S. The summed E-state index contributed by atoms with van der Waals surface area (Å²) in [5.74, 6) is 0. The molecule has 0 bridgehead atoms. The third-order valence-corrected chi connectivity index (χ3v) is 0.893. The van der Waals surface area contributed by atoms with Crippen molar-refractivity contribution in [3.8, 4) is 0 Å². The number of alkyl halides is 3. The van der Waals surface area contributed by atoms with Crippen molar-refractivity contribution in [1.82, 2.24) is 10.2 Å². The van der Waals surface area contributed by atoms with Gasteiger partial charge in [0, 0.05) is 12.4 Å². The average Bonchev–Trinajstić information content (AvgIpc) is 2.33. The van der Waals surface area contributed by atoms with Gasteiger partial charge in [0.25, 0.3) is 0 Å². The number of nitrogens with one attached hydrogen (secondary N) is 1. The molecule has 0 atom stereocenters. The minimum Gasteiger partial charge on any atom is -0.397 e. The van der Waals surface area contributed by atoms with Gasteiger partial charge in [0.05, 0.1) is 11.0 Å². The van der Waals surface area contributed by atoms with Gasteiger partial charge in [-0.3, -0.25) is 5.10 Å². The van der Waals surface area contributed by atoms with Gasteiger partial charge < -0.3 is 12.6 Å². The van der Waals surface area contributed by atoms with E-state index in [1.54, 1.807) is 12.4 Å². The number of aromatic amines is 1. The number of H-pyrrole nitrogens is 1. The first-order valence-electron chi connectivity index (χ1n) is 2.71. The van der Waals surface area contributed by atoms with Crippen LogP contribution < -0.4 is 18.9 Å². The molecule has 0 saturated heterocycles. The third-order valence-electron chi connectivity index (χ3n) is 0.568. The van der Waals surface area contributed by atoms with Gasteiger partial charge in [-0.15, -0.1) is 13.2 Å². The standard InChI is InChI=1S/C3H4N2.CF3O3S.Li/c1-2-4-5-3-1;2-1(3,4)7-8(5)6;/h1-3H,(H,4,5);;/q;-1;+1. The Balaban J connectivity index is 0. The van der Waals surface area contributed by atoms with Crippen molar-refractivity contribution in [2.45, 2.75) is 6.36 Å². The molecule has 0 unspecified atom stereocenters. The van der Waals surface area contributed by atoms with Crippen molar-refractivity contribution >= 4 is 11.0 Å². The maximum atomic E-state index is 10.7. The van der Waals surface area contributed by atoms with Crippen molar-refractivity contribution in [3.05, 3.63) is 18.5 Å². The molecule has 10 heteroatoms. The Morgan fingerprint density at radius 1 is 1.36 bits per heavy atom. The first-order valence-corrected chi connectivity index (χ1v) is 3.71. The zero-order valence-corrected chi connectivity index (χ0v) is 7.76. The molecule has 0 aliphatic rings. The van der Waals surface area contributed by atoms with E-state index in [0.717, 1.165) is 0 Å². The van der Waals surface area contributed by atoms with E-state index in [1.807, 2.05) is 6.07 Å². The Bertz CT molecular complexity index is 261. The Kier molecular flexibility index (Phi) is 8.97. The minimum atomic E-state index is -5.09. The number of hydrogen-bond acceptors (Lipinski definition) is 5. The molecule has 5 nitrogen and oxygen atoms in total. The molecule has 0 aliphatic carbocycles. The van der Waals surface area contributed by atoms with Crippen LogP contribution >= 0.6 is 0 Å². The fourth-order valence-corrected chi connectivity index (χ4v) is 0.447. The molecule has 1 N–H and O–H groups in total. The predicted octanol–water partition coefficient (Wildman–Crippen LogP) is -1.84. The molecule has 76 valence electrons. The van der Waals surface area contributed by atoms with Gasteiger partial charge in [0.1, 0.15) is 0 Å². The van der Waals surface area contributed by atoms with Crippen LogP contribution in [0.4, 0.5) is 13.2 Å². The second-order valence-electron chi connectivity index (χ2n) is 1.50. The number of aromatic nitrogens is 2. The fraction of sp³-hybridized carbons (Fsp3) is 0.250. The first-order chi connectivity index (χ1) is 5.92. The minimum absolute atomic E-state index is 0. The third kappa shape index (κ3) is 14.1. The van der Waals surface area contributed by atoms with E-state index < -0.39 is 17.3 Å². The predicted molar refractivity (Wildman–Crippen MR) is 34.5 cm³/mol. The average molecular weight is 224 g/mol. The molecule has 0 amide bonds. The van der Waals surface area contributed by atoms with Gasteiger partial charge in [0.15, 0.2) is 0 Å². The van der Waals surface area contributed by atoms with Crippen molar-refractivity contribution in [3.63, 3.8) is 0 Å². The van der Waals surface area contributed by atoms with Crippen LogP contribution in [0.15, 0.2) is 18.5 Å². The Morgan fingerprint density at radius 2 is 1.93 bits per heavy atom. The van der Waals surface area contributed by atoms with E-state index in [1.165, 1.54) is 0 Å². The summed E-state index contributed by atoms with van der Waals surface area (Å²) in [6, 6.07) is 1.83. The van der Waals surface area contributed by atoms with Gasteiger partial charge in [-0.1, -0.05) is 0 Å². The van der Waals surface area contributed by atoms with Gasteiger partial charge in [-0.2, -0.15) is 5.10 Å². The Morgan fingerprint density at radius 3 is 2.00 bits per heavy atom. The van der Waals surface area contributed by atoms with E-state index in [0.29, 0.717) is 0 Å². The molecular weight excluding hydrogens is 220 g/mol. The fourth-order valence-electron chi connectivity index (χ4n) is 0.292. The summed E-state index contributed by atoms with van der Waals surface area (Å²) in [5.41, 5.74) is 0. The molecule has 0 fully saturated rings. The number of hydrogen-bond donors (Lipinski definition) is 1. The molecule has 1 aromatic heterocycles. The summed E-state index contributed by atoms with van der Waals surface area (Å²) in [5, 5.41) is 6.21. The zero-order chi connectivity index (χ0) is 10.3. The zero-order valence-electron chi connectivity index (χ0n) is 6.95. The number of rotatable bonds is 1. The van der Waals surface area contributed by atoms with Gasteiger partial charge in [0.2, 0.25) is 0 Å². The smallest absolute Gasteiger partial charge is 0.397 e. The summed E-state index contributed by atoms with van der Waals surface area (Å²) in [4.78, 5) is 0. The maximum absolute atomic E-state index is 10.7. The molecule has 0 saturated carbocycles. The molecule has 0 aromatic carbocycles. The number of halogens is 3. The topological polar surface area (TPSA) is 72.1 Å². The van der Waals surface area contributed by atoms with Crippen LogP contribution in [0.1, 0.15) is 0 Å². The maximum Gasteiger partial charge on any atom is 1.00 e. The summed E-state index contributed by atoms with van der Waals surface area (Å²) < 4.78 is 52.6. The van der Waals surface area contributed by atoms with Crippen LogP contribution in [-0.4, -0.2) is 16.6 Å². The summed E-state index contributed by atoms with van der Waals surface area (Å²) in [6.07, 6.45) is -1.63. The Labute approximate surface area is 91.0 Å². The largest absolute Gasteiger partial charge is 1.00 e. The molecule has 1 rings (SSSR count). The van der Waals surface area contributed by atoms with E-state index in [-0.39, 0.29) is 18.9 Å². The van der Waals surface area contributed by atoms with E-state index in [2.05, 4.69) is 14.4 Å². The normalized spacial score (nSPS) is 10.0. The second-order valence-corrected chi connectivity index (χ2v) is 2.07. The molecule has 0 spiro atoms.